The van der Waals surface area contributed by atoms with Crippen LogP contribution in [0.4, 0.5) is 0 Å². The number of hydrogen-bond acceptors (Lipinski definition) is 5. The van der Waals surface area contributed by atoms with E-state index in [1.165, 1.54) is 16.9 Å². The summed E-state index contributed by atoms with van der Waals surface area (Å²) in [4.78, 5) is 4.30. The molecule has 2 atom stereocenters. The van der Waals surface area contributed by atoms with Gasteiger partial charge in [0.1, 0.15) is 11.9 Å². The average Bonchev–Trinajstić information content (AvgIpc) is 3.16. The number of nitrogens with zero attached hydrogens (tertiary/aromatic N) is 4. The Morgan fingerprint density at radius 1 is 1.41 bits per heavy atom. The normalized spacial score (nSPS) is 22.3. The Kier molecular flexibility index (Phi) is 4.02. The molecule has 8 nitrogen and oxygen atoms in total. The number of aryl methyl sites for hydroxylation is 2. The number of sulfonamides is 1. The first-order chi connectivity index (χ1) is 10.5. The molecule has 0 aromatic carbocycles. The molecule has 0 bridgehead atoms. The summed E-state index contributed by atoms with van der Waals surface area (Å²) in [7, 11) is -0.0650. The molecule has 0 saturated carbocycles. The lowest BCUT2D eigenvalue weighted by atomic mass is 10.0. The quantitative estimate of drug-likeness (QED) is 0.848. The summed E-state index contributed by atoms with van der Waals surface area (Å²) in [5.74, 6) is 0.881. The number of aromatic nitrogens is 4. The number of nitrogens with one attached hydrogen (secondary N) is 1. The maximum Gasteiger partial charge on any atom is 0.257 e. The minimum Gasteiger partial charge on any atom is -0.370 e. The molecule has 9 heteroatoms. The molecule has 0 aliphatic carbocycles. The van der Waals surface area contributed by atoms with Crippen LogP contribution in [0.25, 0.3) is 0 Å². The van der Waals surface area contributed by atoms with Crippen LogP contribution in [0.3, 0.4) is 0 Å². The van der Waals surface area contributed by atoms with E-state index in [0.717, 1.165) is 12.2 Å². The van der Waals surface area contributed by atoms with E-state index in [9.17, 15) is 8.42 Å². The standard InChI is InChI=1S/C13H19N5O3S/c1-17-7-6-14-13(17)12-10(4-8-21-12)9-16-22(19,20)11-3-5-15-18(11)2/h3,5-7,10,12,16H,4,8-9H2,1-2H3/t10-,12+/m0/s1. The molecule has 0 radical (unpaired) electrons. The van der Waals surface area contributed by atoms with Gasteiger partial charge in [-0.1, -0.05) is 0 Å². The maximum absolute atomic E-state index is 12.3. The predicted octanol–water partition coefficient (Wildman–Crippen LogP) is 0.210. The van der Waals surface area contributed by atoms with Gasteiger partial charge in [0.15, 0.2) is 5.03 Å². The Balaban J connectivity index is 1.71. The van der Waals surface area contributed by atoms with Crippen LogP contribution in [0.2, 0.25) is 0 Å². The largest absolute Gasteiger partial charge is 0.370 e. The molecular weight excluding hydrogens is 306 g/mol. The smallest absolute Gasteiger partial charge is 0.257 e. The van der Waals surface area contributed by atoms with E-state index in [1.807, 2.05) is 17.8 Å². The van der Waals surface area contributed by atoms with Crippen molar-refractivity contribution in [3.05, 3.63) is 30.5 Å². The van der Waals surface area contributed by atoms with E-state index in [-0.39, 0.29) is 17.0 Å². The number of hydrogen-bond donors (Lipinski definition) is 1. The Bertz CT molecular complexity index is 751. The maximum atomic E-state index is 12.3. The molecule has 1 N–H and O–H groups in total. The molecule has 1 fully saturated rings. The van der Waals surface area contributed by atoms with Gasteiger partial charge in [0.2, 0.25) is 0 Å². The van der Waals surface area contributed by atoms with Gasteiger partial charge in [-0.3, -0.25) is 4.68 Å². The first kappa shape index (κ1) is 15.2. The lowest BCUT2D eigenvalue weighted by molar-refractivity contribution is 0.0823. The zero-order valence-corrected chi connectivity index (χ0v) is 13.3. The fourth-order valence-electron chi connectivity index (χ4n) is 2.70. The first-order valence-corrected chi connectivity index (χ1v) is 8.54. The summed E-state index contributed by atoms with van der Waals surface area (Å²) in [6.45, 7) is 0.917. The molecule has 22 heavy (non-hydrogen) atoms. The van der Waals surface area contributed by atoms with Crippen LogP contribution in [0, 0.1) is 5.92 Å². The molecule has 1 aliphatic heterocycles. The second-order valence-corrected chi connectivity index (χ2v) is 7.10. The van der Waals surface area contributed by atoms with Gasteiger partial charge in [0, 0.05) is 45.6 Å². The first-order valence-electron chi connectivity index (χ1n) is 7.05. The van der Waals surface area contributed by atoms with Gasteiger partial charge in [-0.25, -0.2) is 18.1 Å². The summed E-state index contributed by atoms with van der Waals surface area (Å²) in [5.41, 5.74) is 0. The summed E-state index contributed by atoms with van der Waals surface area (Å²) in [6.07, 6.45) is 5.64. The van der Waals surface area contributed by atoms with Gasteiger partial charge < -0.3 is 9.30 Å². The van der Waals surface area contributed by atoms with Crippen molar-refractivity contribution in [3.63, 3.8) is 0 Å². The van der Waals surface area contributed by atoms with Crippen LogP contribution in [-0.4, -0.2) is 40.9 Å². The van der Waals surface area contributed by atoms with Gasteiger partial charge in [-0.05, 0) is 12.5 Å². The highest BCUT2D eigenvalue weighted by Crippen LogP contribution is 2.33. The lowest BCUT2D eigenvalue weighted by Gasteiger charge is -2.18. The second-order valence-electron chi connectivity index (χ2n) is 5.38. The average molecular weight is 325 g/mol. The topological polar surface area (TPSA) is 91.0 Å². The number of imidazole rings is 1. The molecule has 2 aromatic rings. The third-order valence-electron chi connectivity index (χ3n) is 3.91. The van der Waals surface area contributed by atoms with Crippen molar-refractivity contribution >= 4 is 10.0 Å². The zero-order valence-electron chi connectivity index (χ0n) is 12.5. The Hall–Kier alpha value is -1.71. The second kappa shape index (κ2) is 5.82. The summed E-state index contributed by atoms with van der Waals surface area (Å²) < 4.78 is 36.2. The molecule has 3 heterocycles. The molecule has 0 spiro atoms. The van der Waals surface area contributed by atoms with E-state index < -0.39 is 10.0 Å². The minimum atomic E-state index is -3.57. The van der Waals surface area contributed by atoms with Crippen LogP contribution in [0.15, 0.2) is 29.7 Å². The van der Waals surface area contributed by atoms with Crippen LogP contribution >= 0.6 is 0 Å². The van der Waals surface area contributed by atoms with Crippen molar-refractivity contribution in [1.82, 2.24) is 24.1 Å². The van der Waals surface area contributed by atoms with Gasteiger partial charge in [0.05, 0.1) is 6.20 Å². The molecule has 0 amide bonds. The fraction of sp³-hybridized carbons (Fsp3) is 0.538. The SMILES string of the molecule is Cn1ccnc1[C@@H]1OCC[C@H]1CNS(=O)(=O)c1ccnn1C. The van der Waals surface area contributed by atoms with Crippen LogP contribution in [0.5, 0.6) is 0 Å². The molecule has 120 valence electrons. The highest BCUT2D eigenvalue weighted by molar-refractivity contribution is 7.89. The highest BCUT2D eigenvalue weighted by Gasteiger charge is 2.33. The van der Waals surface area contributed by atoms with E-state index in [1.54, 1.807) is 13.2 Å². The summed E-state index contributed by atoms with van der Waals surface area (Å²) >= 11 is 0. The Labute approximate surface area is 129 Å². The van der Waals surface area contributed by atoms with Crippen molar-refractivity contribution < 1.29 is 13.2 Å². The molecule has 2 aromatic heterocycles. The molecule has 3 rings (SSSR count). The number of ether oxygens (including phenoxy) is 1. The monoisotopic (exact) mass is 325 g/mol. The van der Waals surface area contributed by atoms with Gasteiger partial charge >= 0.3 is 0 Å². The van der Waals surface area contributed by atoms with E-state index in [4.69, 9.17) is 4.74 Å². The van der Waals surface area contributed by atoms with Gasteiger partial charge in [-0.2, -0.15) is 5.10 Å². The van der Waals surface area contributed by atoms with Crippen molar-refractivity contribution in [2.45, 2.75) is 17.6 Å². The summed E-state index contributed by atoms with van der Waals surface area (Å²) in [6, 6.07) is 1.48. The van der Waals surface area contributed by atoms with Crippen molar-refractivity contribution in [3.8, 4) is 0 Å². The molecule has 1 aliphatic rings. The van der Waals surface area contributed by atoms with Crippen LogP contribution in [-0.2, 0) is 28.9 Å². The van der Waals surface area contributed by atoms with E-state index in [0.29, 0.717) is 13.2 Å². The third-order valence-corrected chi connectivity index (χ3v) is 5.41. The predicted molar refractivity (Wildman–Crippen MR) is 78.4 cm³/mol. The lowest BCUT2D eigenvalue weighted by Crippen LogP contribution is -2.32. The van der Waals surface area contributed by atoms with E-state index >= 15 is 0 Å². The summed E-state index contributed by atoms with van der Waals surface area (Å²) in [5, 5.41) is 4.04. The van der Waals surface area contributed by atoms with Crippen LogP contribution < -0.4 is 4.72 Å². The van der Waals surface area contributed by atoms with E-state index in [2.05, 4.69) is 14.8 Å². The molecule has 1 saturated heterocycles. The fourth-order valence-corrected chi connectivity index (χ4v) is 3.91. The van der Waals surface area contributed by atoms with Crippen molar-refractivity contribution in [1.29, 1.82) is 0 Å². The third kappa shape index (κ3) is 2.79. The van der Waals surface area contributed by atoms with Crippen molar-refractivity contribution in [2.24, 2.45) is 20.0 Å². The molecule has 0 unspecified atom stereocenters. The van der Waals surface area contributed by atoms with Crippen molar-refractivity contribution in [2.75, 3.05) is 13.2 Å². The number of rotatable bonds is 5. The molecular formula is C13H19N5O3S. The van der Waals surface area contributed by atoms with Gasteiger partial charge in [0.25, 0.3) is 10.0 Å². The van der Waals surface area contributed by atoms with Gasteiger partial charge in [-0.15, -0.1) is 0 Å². The Morgan fingerprint density at radius 2 is 2.23 bits per heavy atom. The Morgan fingerprint density at radius 3 is 2.86 bits per heavy atom. The highest BCUT2D eigenvalue weighted by atomic mass is 32.2. The minimum absolute atomic E-state index is 0.0594. The van der Waals surface area contributed by atoms with Crippen LogP contribution in [0.1, 0.15) is 18.3 Å². The zero-order chi connectivity index (χ0) is 15.7.